The van der Waals surface area contributed by atoms with Crippen molar-refractivity contribution in [2.75, 3.05) is 18.0 Å². The second-order valence-corrected chi connectivity index (χ2v) is 7.40. The summed E-state index contributed by atoms with van der Waals surface area (Å²) in [5, 5.41) is 2.99. The van der Waals surface area contributed by atoms with E-state index in [1.165, 1.54) is 0 Å². The molecule has 21 heavy (non-hydrogen) atoms. The van der Waals surface area contributed by atoms with Crippen LogP contribution in [0, 0.1) is 0 Å². The Morgan fingerprint density at radius 2 is 1.95 bits per heavy atom. The number of halogens is 1. The van der Waals surface area contributed by atoms with Crippen LogP contribution in [0.25, 0.3) is 0 Å². The summed E-state index contributed by atoms with van der Waals surface area (Å²) in [4.78, 5) is 22.6. The van der Waals surface area contributed by atoms with Gasteiger partial charge < -0.3 is 10.2 Å². The van der Waals surface area contributed by atoms with Gasteiger partial charge in [0, 0.05) is 37.5 Å². The maximum Gasteiger partial charge on any atom is 0.217 e. The van der Waals surface area contributed by atoms with Crippen LogP contribution in [0.4, 0.5) is 5.82 Å². The molecule has 1 saturated heterocycles. The number of carbonyl (C=O) groups excluding carboxylic acids is 1. The summed E-state index contributed by atoms with van der Waals surface area (Å²) in [6, 6.07) is 2.25. The average Bonchev–Trinajstić information content (AvgIpc) is 2.37. The lowest BCUT2D eigenvalue weighted by Gasteiger charge is -2.33. The second kappa shape index (κ2) is 6.30. The molecule has 0 saturated carbocycles. The predicted octanol–water partition coefficient (Wildman–Crippen LogP) is 2.64. The van der Waals surface area contributed by atoms with Gasteiger partial charge in [0.25, 0.3) is 0 Å². The fraction of sp³-hybridized carbons (Fsp3) is 0.667. The van der Waals surface area contributed by atoms with Crippen LogP contribution in [-0.2, 0) is 10.2 Å². The Bertz CT molecular complexity index is 519. The standard InChI is InChI=1S/C15H23BrN4O/c1-10(21)17-11-5-7-20(8-6-11)13-9-12(16)18-14(19-13)15(2,3)4/h9,11H,5-8H2,1-4H3,(H,17,21). The van der Waals surface area contributed by atoms with Gasteiger partial charge in [0.15, 0.2) is 0 Å². The lowest BCUT2D eigenvalue weighted by molar-refractivity contribution is -0.119. The van der Waals surface area contributed by atoms with E-state index in [1.54, 1.807) is 6.92 Å². The van der Waals surface area contributed by atoms with E-state index in [-0.39, 0.29) is 17.4 Å². The molecule has 0 bridgehead atoms. The van der Waals surface area contributed by atoms with Crippen molar-refractivity contribution in [2.45, 2.75) is 52.0 Å². The van der Waals surface area contributed by atoms with Crippen LogP contribution in [0.1, 0.15) is 46.4 Å². The van der Waals surface area contributed by atoms with Crippen molar-refractivity contribution < 1.29 is 4.79 Å². The summed E-state index contributed by atoms with van der Waals surface area (Å²) in [6.07, 6.45) is 1.90. The Morgan fingerprint density at radius 3 is 2.48 bits per heavy atom. The van der Waals surface area contributed by atoms with Crippen molar-refractivity contribution in [3.8, 4) is 0 Å². The maximum absolute atomic E-state index is 11.1. The molecule has 116 valence electrons. The number of hydrogen-bond acceptors (Lipinski definition) is 4. The number of carbonyl (C=O) groups is 1. The minimum absolute atomic E-state index is 0.0493. The van der Waals surface area contributed by atoms with Crippen LogP contribution in [0.2, 0.25) is 0 Å². The molecule has 1 aliphatic heterocycles. The van der Waals surface area contributed by atoms with E-state index in [1.807, 2.05) is 6.07 Å². The molecule has 0 spiro atoms. The number of nitrogens with zero attached hydrogens (tertiary/aromatic N) is 3. The molecular formula is C15H23BrN4O. The zero-order chi connectivity index (χ0) is 15.6. The van der Waals surface area contributed by atoms with E-state index in [0.29, 0.717) is 0 Å². The molecule has 1 aliphatic rings. The van der Waals surface area contributed by atoms with Gasteiger partial charge in [0.1, 0.15) is 16.2 Å². The molecule has 1 amide bonds. The minimum Gasteiger partial charge on any atom is -0.356 e. The highest BCUT2D eigenvalue weighted by atomic mass is 79.9. The fourth-order valence-electron chi connectivity index (χ4n) is 2.44. The van der Waals surface area contributed by atoms with Gasteiger partial charge in [-0.15, -0.1) is 0 Å². The van der Waals surface area contributed by atoms with Crippen LogP contribution in [0.5, 0.6) is 0 Å². The topological polar surface area (TPSA) is 58.1 Å². The third-order valence-corrected chi connectivity index (χ3v) is 3.98. The number of amides is 1. The molecule has 5 nitrogen and oxygen atoms in total. The number of hydrogen-bond donors (Lipinski definition) is 1. The summed E-state index contributed by atoms with van der Waals surface area (Å²) in [7, 11) is 0. The molecule has 0 unspecified atom stereocenters. The first-order valence-electron chi connectivity index (χ1n) is 7.33. The summed E-state index contributed by atoms with van der Waals surface area (Å²) < 4.78 is 0.821. The van der Waals surface area contributed by atoms with Gasteiger partial charge in [-0.05, 0) is 28.8 Å². The van der Waals surface area contributed by atoms with E-state index in [0.717, 1.165) is 42.2 Å². The van der Waals surface area contributed by atoms with E-state index in [4.69, 9.17) is 4.98 Å². The number of nitrogens with one attached hydrogen (secondary N) is 1. The van der Waals surface area contributed by atoms with Gasteiger partial charge in [-0.2, -0.15) is 0 Å². The molecule has 0 aliphatic carbocycles. The zero-order valence-corrected chi connectivity index (χ0v) is 14.7. The third-order valence-electron chi connectivity index (χ3n) is 3.58. The Balaban J connectivity index is 2.10. The summed E-state index contributed by atoms with van der Waals surface area (Å²) >= 11 is 3.48. The first-order valence-corrected chi connectivity index (χ1v) is 8.12. The summed E-state index contributed by atoms with van der Waals surface area (Å²) in [5.74, 6) is 1.85. The predicted molar refractivity (Wildman–Crippen MR) is 87.5 cm³/mol. The molecular weight excluding hydrogens is 332 g/mol. The second-order valence-electron chi connectivity index (χ2n) is 6.58. The largest absolute Gasteiger partial charge is 0.356 e. The van der Waals surface area contributed by atoms with Crippen LogP contribution in [0.3, 0.4) is 0 Å². The van der Waals surface area contributed by atoms with Crippen LogP contribution < -0.4 is 10.2 Å². The molecule has 1 aromatic rings. The highest BCUT2D eigenvalue weighted by Crippen LogP contribution is 2.26. The van der Waals surface area contributed by atoms with Gasteiger partial charge in [0.2, 0.25) is 5.91 Å². The van der Waals surface area contributed by atoms with Crippen molar-refractivity contribution in [3.63, 3.8) is 0 Å². The fourth-order valence-corrected chi connectivity index (χ4v) is 2.82. The van der Waals surface area contributed by atoms with E-state index in [2.05, 4.69) is 51.9 Å². The quantitative estimate of drug-likeness (QED) is 0.829. The maximum atomic E-state index is 11.1. The lowest BCUT2D eigenvalue weighted by atomic mass is 9.96. The first-order chi connectivity index (χ1) is 9.75. The van der Waals surface area contributed by atoms with E-state index in [9.17, 15) is 4.79 Å². The Hall–Kier alpha value is -1.17. The summed E-state index contributed by atoms with van der Waals surface area (Å²) in [6.45, 7) is 9.71. The van der Waals surface area contributed by atoms with Crippen molar-refractivity contribution >= 4 is 27.7 Å². The Kier molecular flexibility index (Phi) is 4.86. The number of anilines is 1. The highest BCUT2D eigenvalue weighted by molar-refractivity contribution is 9.10. The molecule has 1 aromatic heterocycles. The molecule has 6 heteroatoms. The monoisotopic (exact) mass is 354 g/mol. The Morgan fingerprint density at radius 1 is 1.33 bits per heavy atom. The minimum atomic E-state index is -0.0764. The number of aromatic nitrogens is 2. The number of piperidine rings is 1. The number of rotatable bonds is 2. The lowest BCUT2D eigenvalue weighted by Crippen LogP contribution is -2.44. The van der Waals surface area contributed by atoms with Crippen LogP contribution in [0.15, 0.2) is 10.7 Å². The molecule has 2 rings (SSSR count). The molecule has 0 atom stereocenters. The normalized spacial score (nSPS) is 16.9. The van der Waals surface area contributed by atoms with Gasteiger partial charge in [-0.1, -0.05) is 20.8 Å². The van der Waals surface area contributed by atoms with Crippen LogP contribution in [-0.4, -0.2) is 35.0 Å². The van der Waals surface area contributed by atoms with Crippen molar-refractivity contribution in [1.29, 1.82) is 0 Å². The molecule has 0 radical (unpaired) electrons. The van der Waals surface area contributed by atoms with E-state index >= 15 is 0 Å². The van der Waals surface area contributed by atoms with Gasteiger partial charge in [-0.3, -0.25) is 4.79 Å². The molecule has 0 aromatic carbocycles. The van der Waals surface area contributed by atoms with Gasteiger partial charge >= 0.3 is 0 Å². The first kappa shape index (κ1) is 16.2. The highest BCUT2D eigenvalue weighted by Gasteiger charge is 2.24. The molecule has 1 N–H and O–H groups in total. The summed E-state index contributed by atoms with van der Waals surface area (Å²) in [5.41, 5.74) is -0.0764. The van der Waals surface area contributed by atoms with Crippen molar-refractivity contribution in [1.82, 2.24) is 15.3 Å². The smallest absolute Gasteiger partial charge is 0.217 e. The average molecular weight is 355 g/mol. The van der Waals surface area contributed by atoms with Gasteiger partial charge in [0.05, 0.1) is 0 Å². The van der Waals surface area contributed by atoms with Crippen molar-refractivity contribution in [3.05, 3.63) is 16.5 Å². The Labute approximate surface area is 134 Å². The molecule has 1 fully saturated rings. The zero-order valence-electron chi connectivity index (χ0n) is 13.1. The molecule has 2 heterocycles. The van der Waals surface area contributed by atoms with Gasteiger partial charge in [-0.25, -0.2) is 9.97 Å². The van der Waals surface area contributed by atoms with Crippen molar-refractivity contribution in [2.24, 2.45) is 0 Å². The third kappa shape index (κ3) is 4.40. The van der Waals surface area contributed by atoms with Crippen LogP contribution >= 0.6 is 15.9 Å². The van der Waals surface area contributed by atoms with E-state index < -0.39 is 0 Å². The SMILES string of the molecule is CC(=O)NC1CCN(c2cc(Br)nc(C(C)(C)C)n2)CC1.